The van der Waals surface area contributed by atoms with Gasteiger partial charge in [0.05, 0.1) is 5.69 Å². The maximum atomic E-state index is 10.9. The van der Waals surface area contributed by atoms with Crippen molar-refractivity contribution < 1.29 is 13.0 Å². The number of benzene rings is 1. The van der Waals surface area contributed by atoms with Crippen molar-refractivity contribution in [2.45, 2.75) is 11.8 Å². The highest BCUT2D eigenvalue weighted by molar-refractivity contribution is 7.86. The highest BCUT2D eigenvalue weighted by Crippen LogP contribution is 2.26. The van der Waals surface area contributed by atoms with Crippen molar-refractivity contribution in [2.24, 2.45) is 0 Å². The molecule has 1 aromatic carbocycles. The van der Waals surface area contributed by atoms with Gasteiger partial charge in [-0.05, 0) is 24.6 Å². The van der Waals surface area contributed by atoms with Gasteiger partial charge in [-0.25, -0.2) is 0 Å². The topological polar surface area (TPSA) is 92.4 Å². The van der Waals surface area contributed by atoms with Crippen LogP contribution >= 0.6 is 0 Å². The lowest BCUT2D eigenvalue weighted by Gasteiger charge is -2.09. The fourth-order valence-corrected chi connectivity index (χ4v) is 2.12. The van der Waals surface area contributed by atoms with Crippen molar-refractivity contribution in [3.05, 3.63) is 17.7 Å². The minimum Gasteiger partial charge on any atom is -0.398 e. The molecule has 0 amide bonds. The Morgan fingerprint density at radius 2 is 2.00 bits per heavy atom. The molecule has 0 spiro atoms. The molecule has 0 atom stereocenters. The molecule has 0 fully saturated rings. The monoisotopic (exact) mass is 216 g/mol. The van der Waals surface area contributed by atoms with Gasteiger partial charge in [0, 0.05) is 12.7 Å². The molecular weight excluding hydrogens is 204 g/mol. The van der Waals surface area contributed by atoms with Crippen LogP contribution < -0.4 is 11.1 Å². The van der Waals surface area contributed by atoms with Crippen LogP contribution in [0, 0.1) is 6.92 Å². The van der Waals surface area contributed by atoms with E-state index in [2.05, 4.69) is 5.32 Å². The summed E-state index contributed by atoms with van der Waals surface area (Å²) in [5, 5.41) is 2.83. The zero-order valence-corrected chi connectivity index (χ0v) is 8.72. The Morgan fingerprint density at radius 3 is 2.36 bits per heavy atom. The van der Waals surface area contributed by atoms with Crippen LogP contribution in [0.5, 0.6) is 0 Å². The van der Waals surface area contributed by atoms with Crippen LogP contribution in [0.15, 0.2) is 17.0 Å². The van der Waals surface area contributed by atoms with Gasteiger partial charge in [-0.1, -0.05) is 0 Å². The molecule has 0 heterocycles. The molecule has 0 bridgehead atoms. The maximum absolute atomic E-state index is 10.9. The summed E-state index contributed by atoms with van der Waals surface area (Å²) in [6.07, 6.45) is 0. The largest absolute Gasteiger partial charge is 0.398 e. The molecule has 0 aromatic heterocycles. The number of anilines is 2. The van der Waals surface area contributed by atoms with Crippen LogP contribution in [0.2, 0.25) is 0 Å². The summed E-state index contributed by atoms with van der Waals surface area (Å²) in [6, 6.07) is 3.05. The molecule has 14 heavy (non-hydrogen) atoms. The van der Waals surface area contributed by atoms with E-state index in [9.17, 15) is 8.42 Å². The molecule has 0 unspecified atom stereocenters. The van der Waals surface area contributed by atoms with Gasteiger partial charge in [-0.3, -0.25) is 4.55 Å². The van der Waals surface area contributed by atoms with Gasteiger partial charge in [-0.2, -0.15) is 8.42 Å². The SMILES string of the molecule is CNc1cc(C)c(S(=O)(=O)O)c(N)c1. The molecule has 0 aliphatic rings. The Hall–Kier alpha value is -1.27. The first-order chi connectivity index (χ1) is 6.36. The number of nitrogen functional groups attached to an aromatic ring is 1. The lowest BCUT2D eigenvalue weighted by molar-refractivity contribution is 0.483. The molecule has 0 aliphatic heterocycles. The molecule has 1 rings (SSSR count). The van der Waals surface area contributed by atoms with E-state index in [-0.39, 0.29) is 10.6 Å². The summed E-state index contributed by atoms with van der Waals surface area (Å²) >= 11 is 0. The second-order valence-corrected chi connectivity index (χ2v) is 4.29. The Balaban J connectivity index is 3.48. The molecule has 0 radical (unpaired) electrons. The smallest absolute Gasteiger partial charge is 0.296 e. The summed E-state index contributed by atoms with van der Waals surface area (Å²) < 4.78 is 30.7. The highest BCUT2D eigenvalue weighted by Gasteiger charge is 2.17. The Labute approximate surface area is 82.7 Å². The zero-order valence-electron chi connectivity index (χ0n) is 7.90. The van der Waals surface area contributed by atoms with Crippen LogP contribution in [0.1, 0.15) is 5.56 Å². The minimum absolute atomic E-state index is 0.0388. The summed E-state index contributed by atoms with van der Waals surface area (Å²) in [7, 11) is -2.55. The van der Waals surface area contributed by atoms with Crippen molar-refractivity contribution in [3.63, 3.8) is 0 Å². The molecular formula is C8H12N2O3S. The molecule has 78 valence electrons. The predicted octanol–water partition coefficient (Wildman–Crippen LogP) is 0.866. The van der Waals surface area contributed by atoms with Crippen LogP contribution in [0.3, 0.4) is 0 Å². The van der Waals surface area contributed by atoms with Crippen molar-refractivity contribution >= 4 is 21.5 Å². The van der Waals surface area contributed by atoms with E-state index in [0.29, 0.717) is 11.3 Å². The van der Waals surface area contributed by atoms with Crippen LogP contribution in [0.25, 0.3) is 0 Å². The third kappa shape index (κ3) is 1.97. The lowest BCUT2D eigenvalue weighted by atomic mass is 10.2. The van der Waals surface area contributed by atoms with Gasteiger partial charge in [0.25, 0.3) is 10.1 Å². The van der Waals surface area contributed by atoms with Gasteiger partial charge >= 0.3 is 0 Å². The minimum atomic E-state index is -4.24. The van der Waals surface area contributed by atoms with Crippen LogP contribution in [-0.2, 0) is 10.1 Å². The van der Waals surface area contributed by atoms with E-state index >= 15 is 0 Å². The van der Waals surface area contributed by atoms with Crippen molar-refractivity contribution in [1.29, 1.82) is 0 Å². The van der Waals surface area contributed by atoms with E-state index in [1.165, 1.54) is 6.07 Å². The number of nitrogens with one attached hydrogen (secondary N) is 1. The second-order valence-electron chi connectivity index (χ2n) is 2.94. The highest BCUT2D eigenvalue weighted by atomic mass is 32.2. The number of aryl methyl sites for hydroxylation is 1. The van der Waals surface area contributed by atoms with Gasteiger partial charge < -0.3 is 11.1 Å². The molecule has 0 saturated carbocycles. The normalized spacial score (nSPS) is 11.4. The Morgan fingerprint density at radius 1 is 1.43 bits per heavy atom. The summed E-state index contributed by atoms with van der Waals surface area (Å²) in [5.41, 5.74) is 6.66. The molecule has 5 nitrogen and oxygen atoms in total. The Kier molecular flexibility index (Phi) is 2.68. The summed E-state index contributed by atoms with van der Waals surface area (Å²) in [4.78, 5) is -0.225. The quantitative estimate of drug-likeness (QED) is 0.504. The maximum Gasteiger partial charge on any atom is 0.296 e. The van der Waals surface area contributed by atoms with E-state index in [1.807, 2.05) is 0 Å². The average molecular weight is 216 g/mol. The Bertz CT molecular complexity index is 431. The summed E-state index contributed by atoms with van der Waals surface area (Å²) in [6.45, 7) is 1.57. The zero-order chi connectivity index (χ0) is 10.9. The van der Waals surface area contributed by atoms with E-state index in [0.717, 1.165) is 0 Å². The second kappa shape index (κ2) is 3.47. The number of nitrogens with two attached hydrogens (primary N) is 1. The van der Waals surface area contributed by atoms with E-state index in [1.54, 1.807) is 20.0 Å². The number of hydrogen-bond donors (Lipinski definition) is 3. The molecule has 0 saturated heterocycles. The third-order valence-corrected chi connectivity index (χ3v) is 2.92. The van der Waals surface area contributed by atoms with E-state index in [4.69, 9.17) is 10.3 Å². The standard InChI is InChI=1S/C8H12N2O3S/c1-5-3-6(10-2)4-7(9)8(5)14(11,12)13/h3-4,10H,9H2,1-2H3,(H,11,12,13). The number of hydrogen-bond acceptors (Lipinski definition) is 4. The van der Waals surface area contributed by atoms with Crippen LogP contribution in [-0.4, -0.2) is 20.0 Å². The molecule has 0 aliphatic carbocycles. The first-order valence-corrected chi connectivity index (χ1v) is 5.35. The average Bonchev–Trinajstić information content (AvgIpc) is 1.99. The lowest BCUT2D eigenvalue weighted by Crippen LogP contribution is -2.06. The summed E-state index contributed by atoms with van der Waals surface area (Å²) in [5.74, 6) is 0. The van der Waals surface area contributed by atoms with Crippen molar-refractivity contribution in [1.82, 2.24) is 0 Å². The van der Waals surface area contributed by atoms with Crippen LogP contribution in [0.4, 0.5) is 11.4 Å². The van der Waals surface area contributed by atoms with E-state index < -0.39 is 10.1 Å². The van der Waals surface area contributed by atoms with Gasteiger partial charge in [0.1, 0.15) is 4.90 Å². The number of rotatable bonds is 2. The van der Waals surface area contributed by atoms with Crippen molar-refractivity contribution in [2.75, 3.05) is 18.1 Å². The first kappa shape index (κ1) is 10.8. The first-order valence-electron chi connectivity index (χ1n) is 3.91. The molecule has 1 aromatic rings. The fourth-order valence-electron chi connectivity index (χ4n) is 1.30. The third-order valence-electron chi connectivity index (χ3n) is 1.85. The van der Waals surface area contributed by atoms with Gasteiger partial charge in [-0.15, -0.1) is 0 Å². The predicted molar refractivity (Wildman–Crippen MR) is 55.0 cm³/mol. The van der Waals surface area contributed by atoms with Crippen molar-refractivity contribution in [3.8, 4) is 0 Å². The molecule has 4 N–H and O–H groups in total. The fraction of sp³-hybridized carbons (Fsp3) is 0.250. The molecule has 6 heteroatoms. The van der Waals surface area contributed by atoms with Gasteiger partial charge in [0.2, 0.25) is 0 Å². The van der Waals surface area contributed by atoms with Gasteiger partial charge in [0.15, 0.2) is 0 Å².